The first-order valence-electron chi connectivity index (χ1n) is 7.50. The lowest BCUT2D eigenvalue weighted by atomic mass is 9.91. The average molecular weight is 367 g/mol. The van der Waals surface area contributed by atoms with Crippen LogP contribution in [0.2, 0.25) is 0 Å². The minimum absolute atomic E-state index is 0.133. The predicted molar refractivity (Wildman–Crippen MR) is 86.1 cm³/mol. The zero-order chi connectivity index (χ0) is 19.4. The van der Waals surface area contributed by atoms with Gasteiger partial charge in [0, 0.05) is 12.7 Å². The summed E-state index contributed by atoms with van der Waals surface area (Å²) in [5.74, 6) is -3.11. The number of ether oxygens (including phenoxy) is 1. The highest BCUT2D eigenvalue weighted by Crippen LogP contribution is 2.42. The number of carboxylic acid groups (broad SMARTS) is 1. The van der Waals surface area contributed by atoms with Gasteiger partial charge in [0.05, 0.1) is 0 Å². The third-order valence-electron chi connectivity index (χ3n) is 3.86. The molecular formula is C18H16F3NO4. The lowest BCUT2D eigenvalue weighted by Crippen LogP contribution is -2.56. The van der Waals surface area contributed by atoms with E-state index in [1.54, 1.807) is 6.07 Å². The van der Waals surface area contributed by atoms with Crippen LogP contribution in [0.4, 0.5) is 13.2 Å². The molecule has 2 atom stereocenters. The third kappa shape index (κ3) is 3.55. The van der Waals surface area contributed by atoms with Crippen molar-refractivity contribution in [2.24, 2.45) is 0 Å². The average Bonchev–Trinajstić information content (AvgIpc) is 2.61. The van der Waals surface area contributed by atoms with Gasteiger partial charge in [-0.05, 0) is 5.56 Å². The van der Waals surface area contributed by atoms with Gasteiger partial charge in [0.1, 0.15) is 0 Å². The van der Waals surface area contributed by atoms with Gasteiger partial charge in [-0.2, -0.15) is 13.2 Å². The normalized spacial score (nSPS) is 14.9. The summed E-state index contributed by atoms with van der Waals surface area (Å²) < 4.78 is 46.1. The summed E-state index contributed by atoms with van der Waals surface area (Å²) in [5.41, 5.74) is -3.66. The molecule has 8 heteroatoms. The molecule has 138 valence electrons. The van der Waals surface area contributed by atoms with Crippen molar-refractivity contribution in [3.05, 3.63) is 71.8 Å². The molecule has 2 aromatic carbocycles. The maximum absolute atomic E-state index is 13.8. The molecule has 0 aliphatic heterocycles. The zero-order valence-electron chi connectivity index (χ0n) is 13.7. The predicted octanol–water partition coefficient (Wildman–Crippen LogP) is 3.03. The molecule has 5 nitrogen and oxygen atoms in total. The first-order valence-corrected chi connectivity index (χ1v) is 7.50. The van der Waals surface area contributed by atoms with E-state index >= 15 is 0 Å². The molecular weight excluding hydrogens is 351 g/mol. The minimum atomic E-state index is -5.12. The first-order chi connectivity index (χ1) is 12.2. The summed E-state index contributed by atoms with van der Waals surface area (Å²) in [6.45, 7) is 0. The molecule has 26 heavy (non-hydrogen) atoms. The number of amides is 1. The molecule has 0 aromatic heterocycles. The van der Waals surface area contributed by atoms with Crippen molar-refractivity contribution in [3.63, 3.8) is 0 Å². The van der Waals surface area contributed by atoms with Gasteiger partial charge in [0.2, 0.25) is 0 Å². The van der Waals surface area contributed by atoms with E-state index in [0.717, 1.165) is 19.2 Å². The Morgan fingerprint density at radius 3 is 1.92 bits per heavy atom. The van der Waals surface area contributed by atoms with Crippen LogP contribution in [0.5, 0.6) is 0 Å². The quantitative estimate of drug-likeness (QED) is 0.823. The second-order valence-electron chi connectivity index (χ2n) is 5.40. The van der Waals surface area contributed by atoms with Crippen molar-refractivity contribution < 1.29 is 32.6 Å². The van der Waals surface area contributed by atoms with Crippen LogP contribution in [0, 0.1) is 0 Å². The van der Waals surface area contributed by atoms with E-state index in [2.05, 4.69) is 4.74 Å². The van der Waals surface area contributed by atoms with Crippen LogP contribution < -0.4 is 5.32 Å². The van der Waals surface area contributed by atoms with E-state index in [-0.39, 0.29) is 5.56 Å². The Kier molecular flexibility index (Phi) is 5.66. The number of carboxylic acids is 1. The maximum atomic E-state index is 13.8. The summed E-state index contributed by atoms with van der Waals surface area (Å²) in [6.07, 6.45) is -5.12. The summed E-state index contributed by atoms with van der Waals surface area (Å²) in [7, 11) is 0.748. The second-order valence-corrected chi connectivity index (χ2v) is 5.40. The number of alkyl halides is 3. The number of benzene rings is 2. The lowest BCUT2D eigenvalue weighted by Gasteiger charge is -2.34. The SMILES string of the molecule is COC(C(=O)N[C@@H](C(=O)O)c1ccccc1)(c1ccccc1)C(F)(F)F. The molecule has 1 amide bonds. The molecule has 0 spiro atoms. The molecule has 0 aliphatic rings. The second kappa shape index (κ2) is 7.57. The standard InChI is InChI=1S/C18H16F3NO4/c1-26-17(18(19,20)21,13-10-6-3-7-11-13)16(25)22-14(15(23)24)12-8-4-2-5-9-12/h2-11,14H,1H3,(H,22,25)(H,23,24)/t14-,17?/m1/s1. The van der Waals surface area contributed by atoms with Crippen LogP contribution in [0.15, 0.2) is 60.7 Å². The zero-order valence-corrected chi connectivity index (χ0v) is 13.7. The largest absolute Gasteiger partial charge is 0.479 e. The van der Waals surface area contributed by atoms with Crippen LogP contribution in [-0.4, -0.2) is 30.3 Å². The Hall–Kier alpha value is -2.87. The number of rotatable bonds is 6. The Balaban J connectivity index is 2.49. The van der Waals surface area contributed by atoms with E-state index < -0.39 is 35.3 Å². The van der Waals surface area contributed by atoms with Gasteiger partial charge in [0.15, 0.2) is 6.04 Å². The Morgan fingerprint density at radius 1 is 1.00 bits per heavy atom. The van der Waals surface area contributed by atoms with Crippen molar-refractivity contribution in [1.29, 1.82) is 0 Å². The summed E-state index contributed by atoms with van der Waals surface area (Å²) in [4.78, 5) is 24.1. The molecule has 0 heterocycles. The van der Waals surface area contributed by atoms with Crippen LogP contribution in [0.25, 0.3) is 0 Å². The molecule has 0 fully saturated rings. The van der Waals surface area contributed by atoms with E-state index in [4.69, 9.17) is 0 Å². The van der Waals surface area contributed by atoms with Crippen molar-refractivity contribution >= 4 is 11.9 Å². The highest BCUT2D eigenvalue weighted by Gasteiger charge is 2.63. The Morgan fingerprint density at radius 2 is 1.50 bits per heavy atom. The molecule has 0 radical (unpaired) electrons. The fraction of sp³-hybridized carbons (Fsp3) is 0.222. The lowest BCUT2D eigenvalue weighted by molar-refractivity contribution is -0.266. The maximum Gasteiger partial charge on any atom is 0.430 e. The third-order valence-corrected chi connectivity index (χ3v) is 3.86. The number of nitrogens with one attached hydrogen (secondary N) is 1. The van der Waals surface area contributed by atoms with E-state index in [0.29, 0.717) is 0 Å². The molecule has 2 rings (SSSR count). The van der Waals surface area contributed by atoms with Gasteiger partial charge < -0.3 is 15.2 Å². The van der Waals surface area contributed by atoms with E-state index in [9.17, 15) is 27.9 Å². The molecule has 1 unspecified atom stereocenters. The number of halogens is 3. The van der Waals surface area contributed by atoms with Crippen LogP contribution in [0.3, 0.4) is 0 Å². The first kappa shape index (κ1) is 19.5. The van der Waals surface area contributed by atoms with Gasteiger partial charge in [0.25, 0.3) is 11.5 Å². The van der Waals surface area contributed by atoms with Gasteiger partial charge in [-0.1, -0.05) is 60.7 Å². The molecule has 2 aromatic rings. The van der Waals surface area contributed by atoms with Gasteiger partial charge in [-0.3, -0.25) is 4.79 Å². The topological polar surface area (TPSA) is 75.6 Å². The number of methoxy groups -OCH3 is 1. The minimum Gasteiger partial charge on any atom is -0.479 e. The van der Waals surface area contributed by atoms with Crippen LogP contribution >= 0.6 is 0 Å². The number of aliphatic carboxylic acids is 1. The number of hydrogen-bond donors (Lipinski definition) is 2. The fourth-order valence-electron chi connectivity index (χ4n) is 2.59. The summed E-state index contributed by atoms with van der Waals surface area (Å²) in [5, 5.41) is 11.3. The number of carbonyl (C=O) groups is 2. The van der Waals surface area contributed by atoms with Gasteiger partial charge >= 0.3 is 12.1 Å². The summed E-state index contributed by atoms with van der Waals surface area (Å²) in [6, 6.07) is 12.1. The smallest absolute Gasteiger partial charge is 0.430 e. The van der Waals surface area contributed by atoms with Gasteiger partial charge in [-0.25, -0.2) is 4.79 Å². The highest BCUT2D eigenvalue weighted by molar-refractivity contribution is 5.91. The number of hydrogen-bond acceptors (Lipinski definition) is 3. The fourth-order valence-corrected chi connectivity index (χ4v) is 2.59. The number of carbonyl (C=O) groups excluding carboxylic acids is 1. The van der Waals surface area contributed by atoms with Crippen molar-refractivity contribution in [1.82, 2.24) is 5.32 Å². The molecule has 2 N–H and O–H groups in total. The van der Waals surface area contributed by atoms with Gasteiger partial charge in [-0.15, -0.1) is 0 Å². The molecule has 0 bridgehead atoms. The molecule has 0 saturated carbocycles. The highest BCUT2D eigenvalue weighted by atomic mass is 19.4. The van der Waals surface area contributed by atoms with Crippen molar-refractivity contribution in [2.75, 3.05) is 7.11 Å². The van der Waals surface area contributed by atoms with E-state index in [1.807, 2.05) is 5.32 Å². The van der Waals surface area contributed by atoms with Crippen LogP contribution in [0.1, 0.15) is 17.2 Å². The van der Waals surface area contributed by atoms with Crippen LogP contribution in [-0.2, 0) is 19.9 Å². The Labute approximate surface area is 147 Å². The van der Waals surface area contributed by atoms with E-state index in [1.165, 1.54) is 42.5 Å². The Bertz CT molecular complexity index is 765. The van der Waals surface area contributed by atoms with Crippen molar-refractivity contribution in [2.45, 2.75) is 17.8 Å². The summed E-state index contributed by atoms with van der Waals surface area (Å²) >= 11 is 0. The molecule has 0 saturated heterocycles. The van der Waals surface area contributed by atoms with Crippen molar-refractivity contribution in [3.8, 4) is 0 Å². The molecule has 0 aliphatic carbocycles. The monoisotopic (exact) mass is 367 g/mol.